The second-order valence-corrected chi connectivity index (χ2v) is 4.15. The Morgan fingerprint density at radius 2 is 2.19 bits per heavy atom. The fourth-order valence-corrected chi connectivity index (χ4v) is 1.89. The molecule has 0 aliphatic carbocycles. The van der Waals surface area contributed by atoms with Crippen LogP contribution in [0.1, 0.15) is 16.4 Å². The first-order valence-corrected chi connectivity index (χ1v) is 5.43. The highest BCUT2D eigenvalue weighted by Gasteiger charge is 2.09. The summed E-state index contributed by atoms with van der Waals surface area (Å²) in [5.74, 6) is -0.368. The molecule has 0 N–H and O–H groups in total. The van der Waals surface area contributed by atoms with Crippen molar-refractivity contribution in [3.05, 3.63) is 20.1 Å². The van der Waals surface area contributed by atoms with Gasteiger partial charge in [-0.3, -0.25) is 14.9 Å². The van der Waals surface area contributed by atoms with E-state index in [0.717, 1.165) is 0 Å². The predicted molar refractivity (Wildman–Crippen MR) is 55.8 cm³/mol. The Balaban J connectivity index is 2.39. The maximum absolute atomic E-state index is 10.9. The van der Waals surface area contributed by atoms with Gasteiger partial charge in [-0.05, 0) is 0 Å². The molecule has 0 spiro atoms. The predicted octanol–water partition coefficient (Wildman–Crippen LogP) is 0.463. The molecule has 1 rings (SSSR count). The van der Waals surface area contributed by atoms with E-state index >= 15 is 0 Å². The van der Waals surface area contributed by atoms with Gasteiger partial charge in [0.25, 0.3) is 0 Å². The number of carbonyl (C=O) groups is 1. The van der Waals surface area contributed by atoms with E-state index in [1.54, 1.807) is 0 Å². The molecule has 0 aromatic carbocycles. The SMILES string of the molecule is COC(=O)Cc1nnc(CCC[N+](=O)[O-])s1. The van der Waals surface area contributed by atoms with Gasteiger partial charge in [0.1, 0.15) is 10.0 Å². The van der Waals surface area contributed by atoms with Crippen LogP contribution in [-0.2, 0) is 22.4 Å². The Hall–Kier alpha value is -1.57. The number of hydrogen-bond acceptors (Lipinski definition) is 7. The highest BCUT2D eigenvalue weighted by atomic mass is 32.1. The molecule has 0 aliphatic heterocycles. The lowest BCUT2D eigenvalue weighted by atomic mass is 10.3. The summed E-state index contributed by atoms with van der Waals surface area (Å²) in [7, 11) is 1.31. The van der Waals surface area contributed by atoms with Gasteiger partial charge in [-0.2, -0.15) is 0 Å². The Labute approximate surface area is 95.6 Å². The van der Waals surface area contributed by atoms with Crippen molar-refractivity contribution in [1.29, 1.82) is 0 Å². The van der Waals surface area contributed by atoms with E-state index in [1.165, 1.54) is 18.4 Å². The summed E-state index contributed by atoms with van der Waals surface area (Å²) in [6.45, 7) is -0.0775. The van der Waals surface area contributed by atoms with Gasteiger partial charge >= 0.3 is 5.97 Å². The zero-order valence-electron chi connectivity index (χ0n) is 8.71. The van der Waals surface area contributed by atoms with Crippen LogP contribution in [0, 0.1) is 10.1 Å². The molecular weight excluding hydrogens is 234 g/mol. The summed E-state index contributed by atoms with van der Waals surface area (Å²) in [4.78, 5) is 20.6. The number of aryl methyl sites for hydroxylation is 1. The van der Waals surface area contributed by atoms with Crippen LogP contribution in [0.3, 0.4) is 0 Å². The van der Waals surface area contributed by atoms with E-state index < -0.39 is 0 Å². The minimum Gasteiger partial charge on any atom is -0.469 e. The molecule has 7 nitrogen and oxygen atoms in total. The maximum Gasteiger partial charge on any atom is 0.312 e. The first-order chi connectivity index (χ1) is 7.61. The van der Waals surface area contributed by atoms with Gasteiger partial charge in [0.05, 0.1) is 13.5 Å². The smallest absolute Gasteiger partial charge is 0.312 e. The Kier molecular flexibility index (Phi) is 4.77. The van der Waals surface area contributed by atoms with Gasteiger partial charge in [0.15, 0.2) is 0 Å². The van der Waals surface area contributed by atoms with Gasteiger partial charge in [0, 0.05) is 17.8 Å². The molecule has 0 fully saturated rings. The van der Waals surface area contributed by atoms with Gasteiger partial charge < -0.3 is 4.74 Å². The van der Waals surface area contributed by atoms with Crippen molar-refractivity contribution < 1.29 is 14.5 Å². The summed E-state index contributed by atoms with van der Waals surface area (Å²) < 4.78 is 4.49. The van der Waals surface area contributed by atoms with Gasteiger partial charge in [-0.25, -0.2) is 0 Å². The molecule has 0 saturated carbocycles. The minimum atomic E-state index is -0.368. The third kappa shape index (κ3) is 4.30. The topological polar surface area (TPSA) is 95.2 Å². The lowest BCUT2D eigenvalue weighted by Gasteiger charge is -1.92. The van der Waals surface area contributed by atoms with Crippen LogP contribution in [0.25, 0.3) is 0 Å². The normalized spacial score (nSPS) is 10.1. The molecule has 0 radical (unpaired) electrons. The molecule has 0 aliphatic rings. The minimum absolute atomic E-state index is 0.0775. The summed E-state index contributed by atoms with van der Waals surface area (Å²) >= 11 is 1.28. The van der Waals surface area contributed by atoms with Crippen molar-refractivity contribution in [2.45, 2.75) is 19.3 Å². The van der Waals surface area contributed by atoms with Crippen LogP contribution in [0.5, 0.6) is 0 Å². The van der Waals surface area contributed by atoms with E-state index in [4.69, 9.17) is 0 Å². The van der Waals surface area contributed by atoms with Crippen LogP contribution in [0.2, 0.25) is 0 Å². The van der Waals surface area contributed by atoms with Crippen LogP contribution < -0.4 is 0 Å². The summed E-state index contributed by atoms with van der Waals surface area (Å²) in [5, 5.41) is 19.0. The van der Waals surface area contributed by atoms with Crippen LogP contribution in [-0.4, -0.2) is 34.7 Å². The Morgan fingerprint density at radius 3 is 2.81 bits per heavy atom. The number of esters is 1. The Morgan fingerprint density at radius 1 is 1.50 bits per heavy atom. The number of hydrogen-bond donors (Lipinski definition) is 0. The number of ether oxygens (including phenoxy) is 1. The van der Waals surface area contributed by atoms with Gasteiger partial charge in [-0.1, -0.05) is 0 Å². The molecular formula is C8H11N3O4S. The molecule has 0 bridgehead atoms. The van der Waals surface area contributed by atoms with Crippen LogP contribution >= 0.6 is 11.3 Å². The average molecular weight is 245 g/mol. The second kappa shape index (κ2) is 6.11. The largest absolute Gasteiger partial charge is 0.469 e. The van der Waals surface area contributed by atoms with E-state index in [0.29, 0.717) is 22.9 Å². The fourth-order valence-electron chi connectivity index (χ4n) is 1.02. The molecule has 0 atom stereocenters. The number of nitro groups is 1. The average Bonchev–Trinajstić information content (AvgIpc) is 2.65. The monoisotopic (exact) mass is 245 g/mol. The number of aromatic nitrogens is 2. The molecule has 0 unspecified atom stereocenters. The highest BCUT2D eigenvalue weighted by Crippen LogP contribution is 2.12. The van der Waals surface area contributed by atoms with E-state index in [2.05, 4.69) is 14.9 Å². The number of methoxy groups -OCH3 is 1. The van der Waals surface area contributed by atoms with Crippen molar-refractivity contribution in [2.24, 2.45) is 0 Å². The number of rotatable bonds is 6. The molecule has 0 saturated heterocycles. The van der Waals surface area contributed by atoms with Crippen molar-refractivity contribution >= 4 is 17.3 Å². The molecule has 16 heavy (non-hydrogen) atoms. The van der Waals surface area contributed by atoms with E-state index in [-0.39, 0.29) is 23.9 Å². The van der Waals surface area contributed by atoms with Gasteiger partial charge in [-0.15, -0.1) is 21.5 Å². The number of carbonyl (C=O) groups excluding carboxylic acids is 1. The lowest BCUT2D eigenvalue weighted by Crippen LogP contribution is -2.03. The lowest BCUT2D eigenvalue weighted by molar-refractivity contribution is -0.480. The molecule has 0 amide bonds. The molecule has 1 heterocycles. The summed E-state index contributed by atoms with van der Waals surface area (Å²) in [5.41, 5.74) is 0. The van der Waals surface area contributed by atoms with Crippen molar-refractivity contribution in [3.63, 3.8) is 0 Å². The molecule has 8 heteroatoms. The summed E-state index contributed by atoms with van der Waals surface area (Å²) in [6, 6.07) is 0. The van der Waals surface area contributed by atoms with Crippen molar-refractivity contribution in [1.82, 2.24) is 10.2 Å². The van der Waals surface area contributed by atoms with Crippen LogP contribution in [0.4, 0.5) is 0 Å². The molecule has 88 valence electrons. The Bertz CT molecular complexity index is 379. The van der Waals surface area contributed by atoms with Crippen molar-refractivity contribution in [3.8, 4) is 0 Å². The highest BCUT2D eigenvalue weighted by molar-refractivity contribution is 7.11. The third-order valence-electron chi connectivity index (χ3n) is 1.76. The van der Waals surface area contributed by atoms with E-state index in [1.807, 2.05) is 0 Å². The first-order valence-electron chi connectivity index (χ1n) is 4.61. The zero-order valence-corrected chi connectivity index (χ0v) is 9.53. The van der Waals surface area contributed by atoms with Gasteiger partial charge in [0.2, 0.25) is 6.54 Å². The summed E-state index contributed by atoms with van der Waals surface area (Å²) in [6.07, 6.45) is 1.04. The van der Waals surface area contributed by atoms with E-state index in [9.17, 15) is 14.9 Å². The molecule has 1 aromatic rings. The first kappa shape index (κ1) is 12.5. The third-order valence-corrected chi connectivity index (χ3v) is 2.75. The maximum atomic E-state index is 10.9. The quantitative estimate of drug-likeness (QED) is 0.410. The van der Waals surface area contributed by atoms with Crippen molar-refractivity contribution in [2.75, 3.05) is 13.7 Å². The fraction of sp³-hybridized carbons (Fsp3) is 0.625. The standard InChI is InChI=1S/C8H11N3O4S/c1-15-8(12)5-7-10-9-6(16-7)3-2-4-11(13)14/h2-5H2,1H3. The number of nitrogens with zero attached hydrogens (tertiary/aromatic N) is 3. The second-order valence-electron chi connectivity index (χ2n) is 3.00. The van der Waals surface area contributed by atoms with Crippen LogP contribution in [0.15, 0.2) is 0 Å². The molecule has 1 aromatic heterocycles. The zero-order chi connectivity index (χ0) is 12.0.